The number of anilines is 1. The molecular formula is C23H20N4O3. The number of carboxylic acid groups (broad SMARTS) is 1. The summed E-state index contributed by atoms with van der Waals surface area (Å²) >= 11 is 0. The molecular weight excluding hydrogens is 380 g/mol. The van der Waals surface area contributed by atoms with Gasteiger partial charge in [-0.3, -0.25) is 15.1 Å². The van der Waals surface area contributed by atoms with Gasteiger partial charge in [0.15, 0.2) is 0 Å². The minimum atomic E-state index is -1.12. The quantitative estimate of drug-likeness (QED) is 0.675. The van der Waals surface area contributed by atoms with Crippen LogP contribution in [0.25, 0.3) is 0 Å². The van der Waals surface area contributed by atoms with Gasteiger partial charge in [-0.15, -0.1) is 0 Å². The maximum atomic E-state index is 13.2. The monoisotopic (exact) mass is 400 g/mol. The van der Waals surface area contributed by atoms with E-state index in [1.54, 1.807) is 42.6 Å². The number of pyridine rings is 1. The highest BCUT2D eigenvalue weighted by Crippen LogP contribution is 2.33. The van der Waals surface area contributed by atoms with Crippen molar-refractivity contribution < 1.29 is 14.7 Å². The Labute approximate surface area is 173 Å². The number of nitrogens with zero attached hydrogens (tertiary/aromatic N) is 3. The predicted octanol–water partition coefficient (Wildman–Crippen LogP) is 4.47. The molecule has 0 radical (unpaired) electrons. The van der Waals surface area contributed by atoms with E-state index in [0.29, 0.717) is 17.7 Å². The summed E-state index contributed by atoms with van der Waals surface area (Å²) in [6.07, 6.45) is 1.10. The van der Waals surface area contributed by atoms with Crippen molar-refractivity contribution in [3.05, 3.63) is 95.3 Å². The highest BCUT2D eigenvalue weighted by molar-refractivity contribution is 6.05. The Hall–Kier alpha value is -4.00. The smallest absolute Gasteiger partial charge is 0.409 e. The van der Waals surface area contributed by atoms with E-state index in [4.69, 9.17) is 5.11 Å². The molecule has 2 N–H and O–H groups in total. The number of carbonyl (C=O) groups excluding carboxylic acids is 1. The Morgan fingerprint density at radius 2 is 1.77 bits per heavy atom. The van der Waals surface area contributed by atoms with Crippen LogP contribution in [0.15, 0.2) is 78.0 Å². The van der Waals surface area contributed by atoms with Crippen LogP contribution in [-0.2, 0) is 0 Å². The molecule has 3 aromatic rings. The zero-order chi connectivity index (χ0) is 21.1. The van der Waals surface area contributed by atoms with Crippen LogP contribution in [0, 0.1) is 6.92 Å². The number of hydrogen-bond donors (Lipinski definition) is 2. The van der Waals surface area contributed by atoms with E-state index in [0.717, 1.165) is 22.5 Å². The normalized spacial score (nSPS) is 15.6. The van der Waals surface area contributed by atoms with Crippen LogP contribution in [0.4, 0.5) is 10.5 Å². The first kappa shape index (κ1) is 19.3. The van der Waals surface area contributed by atoms with E-state index in [1.165, 1.54) is 5.01 Å². The fraction of sp³-hybridized carbons (Fsp3) is 0.130. The Kier molecular flexibility index (Phi) is 5.26. The molecule has 0 saturated carbocycles. The first-order chi connectivity index (χ1) is 14.5. The van der Waals surface area contributed by atoms with Crippen molar-refractivity contribution in [2.24, 2.45) is 5.10 Å². The SMILES string of the molecule is Cc1ccc(C(=O)N2N=C(c3ccc(NC(=O)O)cc3)CC2c2ccccn2)cc1. The van der Waals surface area contributed by atoms with Crippen LogP contribution in [0.3, 0.4) is 0 Å². The average molecular weight is 400 g/mol. The first-order valence-electron chi connectivity index (χ1n) is 9.50. The van der Waals surface area contributed by atoms with E-state index >= 15 is 0 Å². The van der Waals surface area contributed by atoms with Crippen LogP contribution in [0.1, 0.15) is 39.6 Å². The van der Waals surface area contributed by atoms with Gasteiger partial charge in [0.25, 0.3) is 5.91 Å². The molecule has 1 aromatic heterocycles. The lowest BCUT2D eigenvalue weighted by Gasteiger charge is -2.21. The molecule has 1 atom stereocenters. The molecule has 2 aromatic carbocycles. The van der Waals surface area contributed by atoms with Gasteiger partial charge in [0.1, 0.15) is 6.04 Å². The summed E-state index contributed by atoms with van der Waals surface area (Å²) in [5.74, 6) is -0.190. The topological polar surface area (TPSA) is 94.9 Å². The van der Waals surface area contributed by atoms with Crippen LogP contribution < -0.4 is 5.32 Å². The van der Waals surface area contributed by atoms with Crippen molar-refractivity contribution in [1.29, 1.82) is 0 Å². The lowest BCUT2D eigenvalue weighted by molar-refractivity contribution is 0.0708. The third-order valence-corrected chi connectivity index (χ3v) is 4.92. The van der Waals surface area contributed by atoms with E-state index in [-0.39, 0.29) is 11.9 Å². The summed E-state index contributed by atoms with van der Waals surface area (Å²) in [5, 5.41) is 17.3. The molecule has 30 heavy (non-hydrogen) atoms. The van der Waals surface area contributed by atoms with Gasteiger partial charge in [-0.2, -0.15) is 5.10 Å². The van der Waals surface area contributed by atoms with E-state index in [2.05, 4.69) is 15.4 Å². The summed E-state index contributed by atoms with van der Waals surface area (Å²) in [4.78, 5) is 28.4. The molecule has 2 amide bonds. The standard InChI is InChI=1S/C23H20N4O3/c1-15-5-7-17(8-6-15)22(28)27-21(19-4-2-3-13-24-19)14-20(26-27)16-9-11-18(12-10-16)25-23(29)30/h2-13,21,25H,14H2,1H3,(H,29,30). The lowest BCUT2D eigenvalue weighted by Crippen LogP contribution is -2.27. The number of carbonyl (C=O) groups is 2. The van der Waals surface area contributed by atoms with Gasteiger partial charge < -0.3 is 5.11 Å². The van der Waals surface area contributed by atoms with Crippen molar-refractivity contribution in [1.82, 2.24) is 9.99 Å². The predicted molar refractivity (Wildman–Crippen MR) is 114 cm³/mol. The third-order valence-electron chi connectivity index (χ3n) is 4.92. The molecule has 7 heteroatoms. The molecule has 4 rings (SSSR count). The second-order valence-electron chi connectivity index (χ2n) is 7.04. The number of aromatic nitrogens is 1. The summed E-state index contributed by atoms with van der Waals surface area (Å²) < 4.78 is 0. The molecule has 1 aliphatic rings. The number of benzene rings is 2. The van der Waals surface area contributed by atoms with Gasteiger partial charge in [0.05, 0.1) is 11.4 Å². The first-order valence-corrected chi connectivity index (χ1v) is 9.50. The number of hydrogen-bond acceptors (Lipinski definition) is 4. The molecule has 7 nitrogen and oxygen atoms in total. The second-order valence-corrected chi connectivity index (χ2v) is 7.04. The van der Waals surface area contributed by atoms with Crippen molar-refractivity contribution in [3.8, 4) is 0 Å². The summed E-state index contributed by atoms with van der Waals surface area (Å²) in [6.45, 7) is 1.97. The second kappa shape index (κ2) is 8.16. The van der Waals surface area contributed by atoms with Gasteiger partial charge in [-0.05, 0) is 48.9 Å². The molecule has 0 fully saturated rings. The van der Waals surface area contributed by atoms with Crippen molar-refractivity contribution in [2.45, 2.75) is 19.4 Å². The molecule has 0 bridgehead atoms. The zero-order valence-electron chi connectivity index (χ0n) is 16.3. The number of rotatable bonds is 4. The van der Waals surface area contributed by atoms with Crippen LogP contribution in [-0.4, -0.2) is 32.8 Å². The molecule has 1 aliphatic heterocycles. The minimum absolute atomic E-state index is 0.190. The molecule has 0 saturated heterocycles. The van der Waals surface area contributed by atoms with Crippen molar-refractivity contribution >= 4 is 23.4 Å². The Balaban J connectivity index is 1.66. The lowest BCUT2D eigenvalue weighted by atomic mass is 10.0. The van der Waals surface area contributed by atoms with Gasteiger partial charge in [-0.25, -0.2) is 9.80 Å². The van der Waals surface area contributed by atoms with Crippen molar-refractivity contribution in [3.63, 3.8) is 0 Å². The molecule has 1 unspecified atom stereocenters. The Morgan fingerprint density at radius 1 is 1.03 bits per heavy atom. The molecule has 150 valence electrons. The maximum absolute atomic E-state index is 13.2. The zero-order valence-corrected chi connectivity index (χ0v) is 16.3. The maximum Gasteiger partial charge on any atom is 0.409 e. The van der Waals surface area contributed by atoms with Crippen LogP contribution >= 0.6 is 0 Å². The fourth-order valence-electron chi connectivity index (χ4n) is 3.37. The molecule has 2 heterocycles. The minimum Gasteiger partial charge on any atom is -0.465 e. The fourth-order valence-corrected chi connectivity index (χ4v) is 3.37. The third kappa shape index (κ3) is 4.05. The molecule has 0 aliphatic carbocycles. The van der Waals surface area contributed by atoms with Gasteiger partial charge >= 0.3 is 6.09 Å². The van der Waals surface area contributed by atoms with Crippen molar-refractivity contribution in [2.75, 3.05) is 5.32 Å². The summed E-state index contributed by atoms with van der Waals surface area (Å²) in [7, 11) is 0. The molecule has 0 spiro atoms. The highest BCUT2D eigenvalue weighted by atomic mass is 16.4. The number of hydrazone groups is 1. The van der Waals surface area contributed by atoms with Crippen LogP contribution in [0.2, 0.25) is 0 Å². The largest absolute Gasteiger partial charge is 0.465 e. The van der Waals surface area contributed by atoms with E-state index in [1.807, 2.05) is 37.3 Å². The van der Waals surface area contributed by atoms with Gasteiger partial charge in [0.2, 0.25) is 0 Å². The van der Waals surface area contributed by atoms with Gasteiger partial charge in [-0.1, -0.05) is 35.9 Å². The van der Waals surface area contributed by atoms with E-state index < -0.39 is 6.09 Å². The number of aryl methyl sites for hydroxylation is 1. The van der Waals surface area contributed by atoms with E-state index in [9.17, 15) is 9.59 Å². The highest BCUT2D eigenvalue weighted by Gasteiger charge is 2.34. The van der Waals surface area contributed by atoms with Crippen LogP contribution in [0.5, 0.6) is 0 Å². The summed E-state index contributed by atoms with van der Waals surface area (Å²) in [5.41, 5.74) is 4.44. The Morgan fingerprint density at radius 3 is 2.40 bits per heavy atom. The number of amides is 2. The Bertz CT molecular complexity index is 1090. The number of nitrogens with one attached hydrogen (secondary N) is 1. The summed E-state index contributed by atoms with van der Waals surface area (Å²) in [6, 6.07) is 19.6. The average Bonchev–Trinajstić information content (AvgIpc) is 3.20. The van der Waals surface area contributed by atoms with Gasteiger partial charge in [0, 0.05) is 23.9 Å².